The van der Waals surface area contributed by atoms with E-state index in [1.165, 1.54) is 95.9 Å². The van der Waals surface area contributed by atoms with Crippen molar-refractivity contribution in [1.82, 2.24) is 9.97 Å². The number of nitrogens with zero attached hydrogens (tertiary/aromatic N) is 2. The number of methoxy groups -OCH3 is 2. The first-order chi connectivity index (χ1) is 35.5. The topological polar surface area (TPSA) is 56.3 Å². The second-order valence-corrected chi connectivity index (χ2v) is 24.0. The molecule has 0 radical (unpaired) electrons. The van der Waals surface area contributed by atoms with Crippen LogP contribution in [-0.4, -0.2) is 24.2 Å². The molecule has 0 atom stereocenters. The standard InChI is InChI=1S/C37H44N2O.C31H38BrNO/c1-7-9-21-37(22-10-8-2)30-17-14-18-33(40-6)34(30)35-31(37)19-20-32(39-35)26-23-27(36(3,4)5)25-29(24-26)38-28-15-12-11-13-16-28;1-7-9-16-31(17-10-8-2)24-12-11-13-27(34-6)28(24)29-25(31)14-15-26(33-29)21-18-22(30(3,4)5)20-23(32)19-21/h11-20,23-25,38H,7-10,21-22H2,1-6H3;11-15,18-20H,7-10,16-17H2,1-6H3. The Bertz CT molecular complexity index is 3040. The summed E-state index contributed by atoms with van der Waals surface area (Å²) in [5.74, 6) is 1.86. The lowest BCUT2D eigenvalue weighted by Crippen LogP contribution is -2.25. The zero-order valence-electron chi connectivity index (χ0n) is 46.7. The van der Waals surface area contributed by atoms with Crippen molar-refractivity contribution in [1.29, 1.82) is 0 Å². The number of hydrogen-bond acceptors (Lipinski definition) is 5. The Balaban J connectivity index is 0.000000200. The molecule has 0 spiro atoms. The Morgan fingerprint density at radius 1 is 0.459 bits per heavy atom. The molecule has 74 heavy (non-hydrogen) atoms. The van der Waals surface area contributed by atoms with E-state index in [9.17, 15) is 0 Å². The van der Waals surface area contributed by atoms with Crippen LogP contribution in [0.2, 0.25) is 0 Å². The van der Waals surface area contributed by atoms with E-state index in [2.05, 4.69) is 212 Å². The quantitative estimate of drug-likeness (QED) is 0.0928. The number of pyridine rings is 2. The van der Waals surface area contributed by atoms with Crippen LogP contribution in [0, 0.1) is 0 Å². The van der Waals surface area contributed by atoms with Crippen LogP contribution in [0.5, 0.6) is 11.5 Å². The molecular formula is C68H82BrN3O2. The first kappa shape index (κ1) is 54.5. The molecule has 1 N–H and O–H groups in total. The Morgan fingerprint density at radius 3 is 1.31 bits per heavy atom. The minimum absolute atomic E-state index is 0.00509. The Morgan fingerprint density at radius 2 is 0.892 bits per heavy atom. The maximum atomic E-state index is 5.96. The second-order valence-electron chi connectivity index (χ2n) is 23.0. The number of unbranched alkanes of at least 4 members (excludes halogenated alkanes) is 4. The van der Waals surface area contributed by atoms with Crippen molar-refractivity contribution < 1.29 is 9.47 Å². The van der Waals surface area contributed by atoms with Crippen LogP contribution >= 0.6 is 15.9 Å². The van der Waals surface area contributed by atoms with Gasteiger partial charge in [-0.2, -0.15) is 0 Å². The Hall–Kier alpha value is -5.72. The van der Waals surface area contributed by atoms with Crippen LogP contribution in [0.4, 0.5) is 11.4 Å². The molecule has 2 heterocycles. The molecule has 2 aromatic heterocycles. The molecule has 0 saturated carbocycles. The molecule has 0 unspecified atom stereocenters. The van der Waals surface area contributed by atoms with E-state index < -0.39 is 0 Å². The third kappa shape index (κ3) is 11.0. The Kier molecular flexibility index (Phi) is 17.0. The summed E-state index contributed by atoms with van der Waals surface area (Å²) in [6.07, 6.45) is 14.2. The van der Waals surface area contributed by atoms with Gasteiger partial charge in [-0.3, -0.25) is 0 Å². The van der Waals surface area contributed by atoms with Crippen molar-refractivity contribution in [2.75, 3.05) is 19.5 Å². The summed E-state index contributed by atoms with van der Waals surface area (Å²) in [7, 11) is 3.56. The number of aromatic nitrogens is 2. The average Bonchev–Trinajstić information content (AvgIpc) is 3.87. The first-order valence-corrected chi connectivity index (χ1v) is 28.5. The molecule has 6 heteroatoms. The zero-order chi connectivity index (χ0) is 52.8. The van der Waals surface area contributed by atoms with Crippen molar-refractivity contribution in [2.24, 2.45) is 0 Å². The summed E-state index contributed by atoms with van der Waals surface area (Å²) in [4.78, 5) is 10.8. The number of ether oxygens (including phenoxy) is 2. The normalized spacial score (nSPS) is 13.8. The van der Waals surface area contributed by atoms with Gasteiger partial charge in [0.05, 0.1) is 37.0 Å². The number of para-hydroxylation sites is 1. The third-order valence-corrected chi connectivity index (χ3v) is 16.3. The summed E-state index contributed by atoms with van der Waals surface area (Å²) in [6.45, 7) is 22.7. The van der Waals surface area contributed by atoms with Gasteiger partial charge in [-0.15, -0.1) is 0 Å². The lowest BCUT2D eigenvalue weighted by atomic mass is 9.71. The maximum absolute atomic E-state index is 5.96. The number of fused-ring (bicyclic) bond motifs is 6. The monoisotopic (exact) mass is 1050 g/mol. The summed E-state index contributed by atoms with van der Waals surface area (Å²) >= 11 is 3.74. The van der Waals surface area contributed by atoms with Crippen LogP contribution in [0.15, 0.2) is 132 Å². The summed E-state index contributed by atoms with van der Waals surface area (Å²) in [5.41, 5.74) is 19.2. The number of halogens is 1. The van der Waals surface area contributed by atoms with Gasteiger partial charge in [0.25, 0.3) is 0 Å². The van der Waals surface area contributed by atoms with E-state index in [0.717, 1.165) is 86.9 Å². The maximum Gasteiger partial charge on any atom is 0.128 e. The van der Waals surface area contributed by atoms with Crippen molar-refractivity contribution >= 4 is 27.3 Å². The van der Waals surface area contributed by atoms with Crippen LogP contribution < -0.4 is 14.8 Å². The van der Waals surface area contributed by atoms with E-state index in [1.807, 2.05) is 6.07 Å². The van der Waals surface area contributed by atoms with Gasteiger partial charge in [0.15, 0.2) is 0 Å². The second kappa shape index (κ2) is 23.0. The van der Waals surface area contributed by atoms with E-state index >= 15 is 0 Å². The third-order valence-electron chi connectivity index (χ3n) is 15.9. The lowest BCUT2D eigenvalue weighted by molar-refractivity contribution is 0.405. The molecule has 5 aromatic carbocycles. The fraction of sp³-hybridized carbons (Fsp3) is 0.412. The SMILES string of the molecule is CCCCC1(CCCC)c2ccc(-c3cc(Br)cc(C(C)(C)C)c3)nc2-c2c(OC)cccc21.CCCCC1(CCCC)c2ccc(-c3cc(Nc4ccccc4)cc(C(C)(C)C)c3)nc2-c2c(OC)cccc21. The van der Waals surface area contributed by atoms with Gasteiger partial charge >= 0.3 is 0 Å². The molecule has 5 nitrogen and oxygen atoms in total. The van der Waals surface area contributed by atoms with Crippen LogP contribution in [-0.2, 0) is 21.7 Å². The fourth-order valence-electron chi connectivity index (χ4n) is 11.8. The fourth-order valence-corrected chi connectivity index (χ4v) is 12.2. The smallest absolute Gasteiger partial charge is 0.128 e. The number of hydrogen-bond donors (Lipinski definition) is 1. The van der Waals surface area contributed by atoms with Crippen molar-refractivity contribution in [3.05, 3.63) is 165 Å². The number of rotatable bonds is 18. The molecule has 0 aliphatic heterocycles. The van der Waals surface area contributed by atoms with E-state index in [1.54, 1.807) is 14.2 Å². The first-order valence-electron chi connectivity index (χ1n) is 27.7. The van der Waals surface area contributed by atoms with Crippen molar-refractivity contribution in [3.63, 3.8) is 0 Å². The number of anilines is 2. The van der Waals surface area contributed by atoms with Gasteiger partial charge < -0.3 is 14.8 Å². The van der Waals surface area contributed by atoms with Gasteiger partial charge in [0, 0.05) is 48.9 Å². The predicted octanol–water partition coefficient (Wildman–Crippen LogP) is 19.9. The molecule has 2 aliphatic rings. The summed E-state index contributed by atoms with van der Waals surface area (Å²) in [5, 5.41) is 3.62. The molecule has 0 amide bonds. The summed E-state index contributed by atoms with van der Waals surface area (Å²) < 4.78 is 13.0. The molecule has 0 bridgehead atoms. The van der Waals surface area contributed by atoms with Crippen LogP contribution in [0.3, 0.4) is 0 Å². The van der Waals surface area contributed by atoms with Gasteiger partial charge in [-0.05, 0) is 143 Å². The largest absolute Gasteiger partial charge is 0.496 e. The van der Waals surface area contributed by atoms with Gasteiger partial charge in [0.2, 0.25) is 0 Å². The van der Waals surface area contributed by atoms with E-state index in [4.69, 9.17) is 19.4 Å². The molecule has 388 valence electrons. The lowest BCUT2D eigenvalue weighted by Gasteiger charge is -2.32. The van der Waals surface area contributed by atoms with Gasteiger partial charge in [0.1, 0.15) is 11.5 Å². The van der Waals surface area contributed by atoms with E-state index in [-0.39, 0.29) is 21.7 Å². The highest BCUT2D eigenvalue weighted by Crippen LogP contribution is 2.58. The predicted molar refractivity (Wildman–Crippen MR) is 318 cm³/mol. The molecule has 2 aliphatic carbocycles. The van der Waals surface area contributed by atoms with Gasteiger partial charge in [-0.25, -0.2) is 9.97 Å². The molecule has 7 aromatic rings. The summed E-state index contributed by atoms with van der Waals surface area (Å²) in [6, 6.07) is 46.2. The van der Waals surface area contributed by atoms with Gasteiger partial charge in [-0.1, -0.05) is 191 Å². The average molecular weight is 1050 g/mol. The van der Waals surface area contributed by atoms with Crippen LogP contribution in [0.1, 0.15) is 180 Å². The van der Waals surface area contributed by atoms with Crippen LogP contribution in [0.25, 0.3) is 45.0 Å². The highest BCUT2D eigenvalue weighted by Gasteiger charge is 2.46. The number of nitrogens with one attached hydrogen (secondary N) is 1. The van der Waals surface area contributed by atoms with E-state index in [0.29, 0.717) is 0 Å². The zero-order valence-corrected chi connectivity index (χ0v) is 48.3. The minimum Gasteiger partial charge on any atom is -0.496 e. The highest BCUT2D eigenvalue weighted by atomic mass is 79.9. The molecule has 0 fully saturated rings. The molecular weight excluding hydrogens is 971 g/mol. The number of benzene rings is 5. The Labute approximate surface area is 453 Å². The molecule has 9 rings (SSSR count). The van der Waals surface area contributed by atoms with Crippen molar-refractivity contribution in [3.8, 4) is 56.5 Å². The minimum atomic E-state index is -0.00988. The highest BCUT2D eigenvalue weighted by molar-refractivity contribution is 9.10. The van der Waals surface area contributed by atoms with Crippen molar-refractivity contribution in [2.45, 2.75) is 168 Å². The molecule has 0 saturated heterocycles.